The lowest BCUT2D eigenvalue weighted by Gasteiger charge is -2.11. The first kappa shape index (κ1) is 22.3. The fourth-order valence-electron chi connectivity index (χ4n) is 4.02. The third-order valence-corrected chi connectivity index (χ3v) is 5.66. The maximum atomic E-state index is 11.4. The van der Waals surface area contributed by atoms with Crippen molar-refractivity contribution in [2.75, 3.05) is 6.79 Å². The minimum atomic E-state index is -0.403. The summed E-state index contributed by atoms with van der Waals surface area (Å²) < 4.78 is 13.0. The van der Waals surface area contributed by atoms with Crippen molar-refractivity contribution in [3.05, 3.63) is 120 Å². The van der Waals surface area contributed by atoms with E-state index in [1.165, 1.54) is 6.92 Å². The molecule has 3 aromatic carbocycles. The van der Waals surface area contributed by atoms with Crippen LogP contribution in [0.25, 0.3) is 16.9 Å². The molecule has 35 heavy (non-hydrogen) atoms. The van der Waals surface area contributed by atoms with Gasteiger partial charge in [0.25, 0.3) is 0 Å². The van der Waals surface area contributed by atoms with Gasteiger partial charge in [0.2, 0.25) is 12.7 Å². The average Bonchev–Trinajstić information content (AvgIpc) is 3.23. The minimum Gasteiger partial charge on any atom is -0.440 e. The van der Waals surface area contributed by atoms with E-state index < -0.39 is 5.97 Å². The van der Waals surface area contributed by atoms with Gasteiger partial charge >= 0.3 is 5.97 Å². The van der Waals surface area contributed by atoms with Crippen LogP contribution in [0.2, 0.25) is 0 Å². The maximum Gasteiger partial charge on any atom is 0.305 e. The molecule has 0 saturated heterocycles. The van der Waals surface area contributed by atoms with Crippen LogP contribution < -0.4 is 4.74 Å². The van der Waals surface area contributed by atoms with Crippen LogP contribution in [0.15, 0.2) is 97.2 Å². The summed E-state index contributed by atoms with van der Waals surface area (Å²) in [6.45, 7) is 1.17. The van der Waals surface area contributed by atoms with Gasteiger partial charge in [0.15, 0.2) is 5.65 Å². The summed E-state index contributed by atoms with van der Waals surface area (Å²) in [7, 11) is 0. The van der Waals surface area contributed by atoms with E-state index in [1.807, 2.05) is 77.3 Å². The van der Waals surface area contributed by atoms with E-state index in [0.29, 0.717) is 18.7 Å². The molecule has 0 aliphatic heterocycles. The van der Waals surface area contributed by atoms with E-state index in [9.17, 15) is 4.79 Å². The molecule has 0 amide bonds. The second-order valence-corrected chi connectivity index (χ2v) is 8.22. The summed E-state index contributed by atoms with van der Waals surface area (Å²) >= 11 is 0. The first-order valence-electron chi connectivity index (χ1n) is 11.5. The van der Waals surface area contributed by atoms with Crippen LogP contribution in [0.4, 0.5) is 0 Å². The van der Waals surface area contributed by atoms with Crippen LogP contribution in [0.1, 0.15) is 29.4 Å². The van der Waals surface area contributed by atoms with Gasteiger partial charge < -0.3 is 9.47 Å². The average molecular weight is 464 g/mol. The van der Waals surface area contributed by atoms with Crippen molar-refractivity contribution in [3.63, 3.8) is 0 Å². The number of fused-ring (bicyclic) bond motifs is 1. The number of nitrogens with zero attached hydrogens (tertiary/aromatic N) is 3. The second-order valence-electron chi connectivity index (χ2n) is 8.22. The quantitative estimate of drug-likeness (QED) is 0.225. The van der Waals surface area contributed by atoms with Gasteiger partial charge in [-0.1, -0.05) is 91.0 Å². The highest BCUT2D eigenvalue weighted by Gasteiger charge is 2.20. The number of imidazole rings is 1. The highest BCUT2D eigenvalue weighted by Crippen LogP contribution is 2.29. The Morgan fingerprint density at radius 2 is 1.34 bits per heavy atom. The fourth-order valence-corrected chi connectivity index (χ4v) is 4.02. The lowest BCUT2D eigenvalue weighted by atomic mass is 10.1. The molecule has 0 fully saturated rings. The summed E-state index contributed by atoms with van der Waals surface area (Å²) in [6, 6.07) is 30.3. The molecule has 6 heteroatoms. The normalized spacial score (nSPS) is 10.9. The van der Waals surface area contributed by atoms with Crippen LogP contribution in [0, 0.1) is 0 Å². The van der Waals surface area contributed by atoms with Gasteiger partial charge in [-0.05, 0) is 11.1 Å². The number of rotatable bonds is 8. The molecule has 2 heterocycles. The van der Waals surface area contributed by atoms with Crippen LogP contribution in [-0.4, -0.2) is 27.1 Å². The zero-order chi connectivity index (χ0) is 24.0. The second kappa shape index (κ2) is 10.2. The van der Waals surface area contributed by atoms with Crippen LogP contribution >= 0.6 is 0 Å². The number of carbonyl (C=O) groups is 1. The fraction of sp³-hybridized carbons (Fsp3) is 0.138. The third-order valence-electron chi connectivity index (χ3n) is 5.66. The van der Waals surface area contributed by atoms with Gasteiger partial charge in [0, 0.05) is 31.5 Å². The van der Waals surface area contributed by atoms with E-state index in [0.717, 1.165) is 39.4 Å². The van der Waals surface area contributed by atoms with Gasteiger partial charge in [-0.3, -0.25) is 9.20 Å². The zero-order valence-corrected chi connectivity index (χ0v) is 19.4. The Balaban J connectivity index is 1.66. The van der Waals surface area contributed by atoms with Crippen molar-refractivity contribution >= 4 is 11.6 Å². The number of ether oxygens (including phenoxy) is 2. The lowest BCUT2D eigenvalue weighted by Crippen LogP contribution is -2.09. The number of aromatic nitrogens is 3. The highest BCUT2D eigenvalue weighted by atomic mass is 16.7. The van der Waals surface area contributed by atoms with Gasteiger partial charge in [-0.2, -0.15) is 0 Å². The Morgan fingerprint density at radius 1 is 0.771 bits per heavy atom. The Hall–Kier alpha value is -4.45. The molecule has 0 bridgehead atoms. The molecule has 5 aromatic rings. The standard InChI is InChI=1S/C29H25N3O3/c1-21(33)34-20-35-29-26(18-23-13-7-3-8-14-23)31-28-25(17-22-11-5-2-6-12-22)30-27(19-32(28)29)24-15-9-4-10-16-24/h2-16,19H,17-18,20H2,1H3. The van der Waals surface area contributed by atoms with E-state index >= 15 is 0 Å². The molecule has 6 nitrogen and oxygen atoms in total. The summed E-state index contributed by atoms with van der Waals surface area (Å²) in [6.07, 6.45) is 3.13. The van der Waals surface area contributed by atoms with Crippen molar-refractivity contribution in [3.8, 4) is 17.1 Å². The molecule has 0 spiro atoms. The molecule has 174 valence electrons. The molecule has 0 unspecified atom stereocenters. The predicted octanol–water partition coefficient (Wildman–Crippen LogP) is 5.48. The number of carbonyl (C=O) groups excluding carboxylic acids is 1. The summed E-state index contributed by atoms with van der Waals surface area (Å²) in [5.41, 5.74) is 6.37. The van der Waals surface area contributed by atoms with E-state index in [2.05, 4.69) is 24.3 Å². The van der Waals surface area contributed by atoms with Gasteiger partial charge in [0.05, 0.1) is 11.4 Å². The summed E-state index contributed by atoms with van der Waals surface area (Å²) in [5.74, 6) is 0.138. The largest absolute Gasteiger partial charge is 0.440 e. The number of hydrogen-bond acceptors (Lipinski definition) is 5. The molecule has 2 aromatic heterocycles. The van der Waals surface area contributed by atoms with Crippen molar-refractivity contribution in [2.45, 2.75) is 19.8 Å². The lowest BCUT2D eigenvalue weighted by molar-refractivity contribution is -0.147. The molecular weight excluding hydrogens is 438 g/mol. The number of esters is 1. The topological polar surface area (TPSA) is 65.7 Å². The van der Waals surface area contributed by atoms with Crippen LogP contribution in [0.3, 0.4) is 0 Å². The third kappa shape index (κ3) is 5.22. The van der Waals surface area contributed by atoms with Crippen LogP contribution in [0.5, 0.6) is 5.88 Å². The van der Waals surface area contributed by atoms with E-state index in [1.54, 1.807) is 0 Å². The highest BCUT2D eigenvalue weighted by molar-refractivity contribution is 5.66. The maximum absolute atomic E-state index is 11.4. The molecule has 0 atom stereocenters. The van der Waals surface area contributed by atoms with Crippen LogP contribution in [-0.2, 0) is 22.4 Å². The van der Waals surface area contributed by atoms with Crippen molar-refractivity contribution in [1.82, 2.24) is 14.4 Å². The van der Waals surface area contributed by atoms with Crippen molar-refractivity contribution < 1.29 is 14.3 Å². The minimum absolute atomic E-state index is 0.193. The monoisotopic (exact) mass is 463 g/mol. The first-order valence-corrected chi connectivity index (χ1v) is 11.5. The molecule has 0 N–H and O–H groups in total. The number of hydrogen-bond donors (Lipinski definition) is 0. The molecule has 0 saturated carbocycles. The van der Waals surface area contributed by atoms with E-state index in [-0.39, 0.29) is 6.79 Å². The Bertz CT molecular complexity index is 1430. The Morgan fingerprint density at radius 3 is 1.94 bits per heavy atom. The van der Waals surface area contributed by atoms with Gasteiger partial charge in [-0.25, -0.2) is 9.97 Å². The summed E-state index contributed by atoms with van der Waals surface area (Å²) in [4.78, 5) is 21.4. The Labute approximate surface area is 203 Å². The van der Waals surface area contributed by atoms with E-state index in [4.69, 9.17) is 19.4 Å². The molecule has 5 rings (SSSR count). The molecule has 0 aliphatic carbocycles. The molecule has 0 radical (unpaired) electrons. The molecule has 0 aliphatic rings. The Kier molecular flexibility index (Phi) is 6.52. The predicted molar refractivity (Wildman–Crippen MR) is 134 cm³/mol. The first-order chi connectivity index (χ1) is 17.2. The SMILES string of the molecule is CC(=O)OCOc1c(Cc2ccccc2)nc2c(Cc3ccccc3)nc(-c3ccccc3)cn12. The summed E-state index contributed by atoms with van der Waals surface area (Å²) in [5, 5.41) is 0. The smallest absolute Gasteiger partial charge is 0.305 e. The number of benzene rings is 3. The van der Waals surface area contributed by atoms with Crippen molar-refractivity contribution in [1.29, 1.82) is 0 Å². The van der Waals surface area contributed by atoms with Crippen molar-refractivity contribution in [2.24, 2.45) is 0 Å². The van der Waals surface area contributed by atoms with Gasteiger partial charge in [-0.15, -0.1) is 0 Å². The van der Waals surface area contributed by atoms with Gasteiger partial charge in [0.1, 0.15) is 5.69 Å². The molecular formula is C29H25N3O3. The zero-order valence-electron chi connectivity index (χ0n) is 19.4.